The number of hydrogen-bond donors (Lipinski definition) is 2. The van der Waals surface area contributed by atoms with Crippen molar-refractivity contribution >= 4 is 5.69 Å². The Hall–Kier alpha value is -3.09. The zero-order chi connectivity index (χ0) is 22.4. The van der Waals surface area contributed by atoms with Crippen LogP contribution in [-0.4, -0.2) is 19.8 Å². The Morgan fingerprint density at radius 2 is 1.55 bits per heavy atom. The summed E-state index contributed by atoms with van der Waals surface area (Å²) in [5.41, 5.74) is 13.2. The van der Waals surface area contributed by atoms with E-state index < -0.39 is 0 Å². The summed E-state index contributed by atoms with van der Waals surface area (Å²) in [6.07, 6.45) is 1.04. The molecule has 3 aromatic carbocycles. The first-order valence-corrected chi connectivity index (χ1v) is 11.7. The predicted octanol–water partition coefficient (Wildman–Crippen LogP) is 4.69. The van der Waals surface area contributed by atoms with E-state index >= 15 is 0 Å². The number of fused-ring (bicyclic) bond motifs is 4. The number of hydrogen-bond acceptors (Lipinski definition) is 5. The van der Waals surface area contributed by atoms with Gasteiger partial charge in [0.25, 0.3) is 0 Å². The van der Waals surface area contributed by atoms with Crippen molar-refractivity contribution in [1.29, 1.82) is 0 Å². The van der Waals surface area contributed by atoms with Crippen LogP contribution in [0.15, 0.2) is 60.7 Å². The molecule has 0 saturated carbocycles. The highest BCUT2D eigenvalue weighted by Gasteiger charge is 2.44. The summed E-state index contributed by atoms with van der Waals surface area (Å²) in [7, 11) is 0. The lowest BCUT2D eigenvalue weighted by molar-refractivity contribution is 0.171. The second-order valence-electron chi connectivity index (χ2n) is 9.06. The van der Waals surface area contributed by atoms with E-state index in [1.165, 1.54) is 28.8 Å². The largest absolute Gasteiger partial charge is 0.486 e. The highest BCUT2D eigenvalue weighted by atomic mass is 19.1. The van der Waals surface area contributed by atoms with Crippen LogP contribution in [0.3, 0.4) is 0 Å². The van der Waals surface area contributed by atoms with Crippen LogP contribution in [0.2, 0.25) is 0 Å². The van der Waals surface area contributed by atoms with E-state index in [2.05, 4.69) is 59.1 Å². The van der Waals surface area contributed by atoms with Gasteiger partial charge in [-0.05, 0) is 46.9 Å². The fraction of sp³-hybridized carbons (Fsp3) is 0.333. The summed E-state index contributed by atoms with van der Waals surface area (Å²) >= 11 is 0. The van der Waals surface area contributed by atoms with Crippen molar-refractivity contribution in [3.05, 3.63) is 88.7 Å². The molecule has 0 radical (unpaired) electrons. The minimum atomic E-state index is -0.211. The molecule has 1 saturated heterocycles. The Labute approximate surface area is 193 Å². The van der Waals surface area contributed by atoms with Crippen LogP contribution in [0.5, 0.6) is 11.5 Å². The molecule has 0 amide bonds. The fourth-order valence-electron chi connectivity index (χ4n) is 5.33. The van der Waals surface area contributed by atoms with E-state index in [0.29, 0.717) is 25.7 Å². The van der Waals surface area contributed by atoms with E-state index in [1.807, 2.05) is 12.1 Å². The molecule has 3 heterocycles. The van der Waals surface area contributed by atoms with Crippen molar-refractivity contribution in [1.82, 2.24) is 10.9 Å². The number of anilines is 1. The van der Waals surface area contributed by atoms with Gasteiger partial charge in [-0.25, -0.2) is 15.2 Å². The Balaban J connectivity index is 1.38. The average molecular weight is 446 g/mol. The van der Waals surface area contributed by atoms with Crippen LogP contribution in [0.4, 0.5) is 10.1 Å². The minimum absolute atomic E-state index is 0.163. The maximum absolute atomic E-state index is 13.5. The normalized spacial score (nSPS) is 23.2. The first-order valence-electron chi connectivity index (χ1n) is 11.7. The number of benzene rings is 3. The van der Waals surface area contributed by atoms with Crippen LogP contribution < -0.4 is 25.2 Å². The molecule has 0 aromatic heterocycles. The lowest BCUT2D eigenvalue weighted by Gasteiger charge is -2.40. The number of ether oxygens (including phenoxy) is 2. The third-order valence-electron chi connectivity index (χ3n) is 7.08. The molecule has 170 valence electrons. The van der Waals surface area contributed by atoms with Crippen molar-refractivity contribution in [2.45, 2.75) is 32.0 Å². The summed E-state index contributed by atoms with van der Waals surface area (Å²) in [6, 6.07) is 20.3. The van der Waals surface area contributed by atoms with Crippen LogP contribution in [0.1, 0.15) is 41.3 Å². The van der Waals surface area contributed by atoms with Crippen LogP contribution in [0, 0.1) is 11.7 Å². The number of hydrazine groups is 1. The molecule has 0 spiro atoms. The van der Waals surface area contributed by atoms with E-state index in [9.17, 15) is 4.39 Å². The van der Waals surface area contributed by atoms with Crippen LogP contribution in [-0.2, 0) is 13.0 Å². The van der Waals surface area contributed by atoms with Gasteiger partial charge in [0.1, 0.15) is 19.0 Å². The standard InChI is InChI=1S/C27H28FN3O2/c1-2-17-3-7-19(8-4-17)26-22-16-31(15-18-5-9-20(28)10-6-18)23-14-25-24(32-11-12-33-25)13-21(23)27(22)30-29-26/h3-10,13-14,22,26-27,29-30H,2,11-12,15-16H2,1H3. The second-order valence-corrected chi connectivity index (χ2v) is 9.06. The maximum Gasteiger partial charge on any atom is 0.163 e. The first kappa shape index (κ1) is 20.5. The predicted molar refractivity (Wildman–Crippen MR) is 126 cm³/mol. The molecular formula is C27H28FN3O2. The third-order valence-corrected chi connectivity index (χ3v) is 7.08. The first-order chi connectivity index (χ1) is 16.2. The quantitative estimate of drug-likeness (QED) is 0.610. The van der Waals surface area contributed by atoms with Gasteiger partial charge < -0.3 is 14.4 Å². The molecule has 3 aliphatic rings. The topological polar surface area (TPSA) is 45.8 Å². The van der Waals surface area contributed by atoms with E-state index in [-0.39, 0.29) is 17.9 Å². The summed E-state index contributed by atoms with van der Waals surface area (Å²) in [5, 5.41) is 0. The lowest BCUT2D eigenvalue weighted by atomic mass is 9.81. The van der Waals surface area contributed by atoms with E-state index in [0.717, 1.165) is 35.7 Å². The highest BCUT2D eigenvalue weighted by molar-refractivity contribution is 5.65. The van der Waals surface area contributed by atoms with Crippen molar-refractivity contribution in [3.63, 3.8) is 0 Å². The van der Waals surface area contributed by atoms with Gasteiger partial charge in [-0.3, -0.25) is 0 Å². The molecule has 3 aliphatic heterocycles. The Morgan fingerprint density at radius 1 is 0.879 bits per heavy atom. The highest BCUT2D eigenvalue weighted by Crippen LogP contribution is 2.49. The molecular weight excluding hydrogens is 417 g/mol. The monoisotopic (exact) mass is 445 g/mol. The molecule has 3 unspecified atom stereocenters. The molecule has 2 N–H and O–H groups in total. The summed E-state index contributed by atoms with van der Waals surface area (Å²) in [4.78, 5) is 2.39. The molecule has 5 nitrogen and oxygen atoms in total. The zero-order valence-electron chi connectivity index (χ0n) is 18.7. The molecule has 0 bridgehead atoms. The molecule has 1 fully saturated rings. The minimum Gasteiger partial charge on any atom is -0.486 e. The second kappa shape index (κ2) is 8.36. The van der Waals surface area contributed by atoms with Crippen molar-refractivity contribution in [2.75, 3.05) is 24.7 Å². The summed E-state index contributed by atoms with van der Waals surface area (Å²) in [6.45, 7) is 4.88. The van der Waals surface area contributed by atoms with Gasteiger partial charge in [0.2, 0.25) is 0 Å². The van der Waals surface area contributed by atoms with E-state index in [4.69, 9.17) is 9.47 Å². The van der Waals surface area contributed by atoms with Gasteiger partial charge in [-0.15, -0.1) is 0 Å². The fourth-order valence-corrected chi connectivity index (χ4v) is 5.33. The van der Waals surface area contributed by atoms with Crippen LogP contribution in [0.25, 0.3) is 0 Å². The zero-order valence-corrected chi connectivity index (χ0v) is 18.7. The third kappa shape index (κ3) is 3.73. The van der Waals surface area contributed by atoms with E-state index in [1.54, 1.807) is 0 Å². The Kier molecular flexibility index (Phi) is 5.19. The Morgan fingerprint density at radius 3 is 2.27 bits per heavy atom. The average Bonchev–Trinajstić information content (AvgIpc) is 3.28. The van der Waals surface area contributed by atoms with Gasteiger partial charge in [0, 0.05) is 30.8 Å². The molecule has 3 atom stereocenters. The summed E-state index contributed by atoms with van der Waals surface area (Å²) < 4.78 is 25.3. The number of rotatable bonds is 4. The molecule has 33 heavy (non-hydrogen) atoms. The van der Waals surface area contributed by atoms with Gasteiger partial charge in [-0.1, -0.05) is 43.3 Å². The molecule has 6 heteroatoms. The lowest BCUT2D eigenvalue weighted by Crippen LogP contribution is -2.39. The van der Waals surface area contributed by atoms with Crippen LogP contribution >= 0.6 is 0 Å². The Bertz CT molecular complexity index is 1150. The molecule has 3 aromatic rings. The number of nitrogens with one attached hydrogen (secondary N) is 2. The molecule has 6 rings (SSSR count). The number of nitrogens with zero attached hydrogens (tertiary/aromatic N) is 1. The maximum atomic E-state index is 13.5. The summed E-state index contributed by atoms with van der Waals surface area (Å²) in [5.74, 6) is 1.71. The van der Waals surface area contributed by atoms with Crippen molar-refractivity contribution in [3.8, 4) is 11.5 Å². The number of aryl methyl sites for hydroxylation is 1. The number of halogens is 1. The van der Waals surface area contributed by atoms with Gasteiger partial charge in [0.05, 0.1) is 12.1 Å². The smallest absolute Gasteiger partial charge is 0.163 e. The van der Waals surface area contributed by atoms with Crippen molar-refractivity contribution in [2.24, 2.45) is 5.92 Å². The van der Waals surface area contributed by atoms with Gasteiger partial charge >= 0.3 is 0 Å². The molecule has 0 aliphatic carbocycles. The van der Waals surface area contributed by atoms with Crippen molar-refractivity contribution < 1.29 is 13.9 Å². The SMILES string of the molecule is CCc1ccc(C2NNC3c4cc5c(cc4N(Cc4ccc(F)cc4)CC23)OCCO5)cc1. The van der Waals surface area contributed by atoms with Gasteiger partial charge in [0.15, 0.2) is 11.5 Å². The van der Waals surface area contributed by atoms with Gasteiger partial charge in [-0.2, -0.15) is 0 Å².